The summed E-state index contributed by atoms with van der Waals surface area (Å²) in [6.45, 7) is 5.17. The Morgan fingerprint density at radius 3 is 2.41 bits per heavy atom. The molecule has 0 aliphatic heterocycles. The van der Waals surface area contributed by atoms with Crippen molar-refractivity contribution in [2.75, 3.05) is 5.32 Å². The molecule has 6 nitrogen and oxygen atoms in total. The summed E-state index contributed by atoms with van der Waals surface area (Å²) in [4.78, 5) is 21.0. The number of benzene rings is 1. The SMILES string of the molecule is Cc1sc2nc(C3CCCCC3)nc(NCc3ccccc3)c2c1C.O=C(O)O. The summed E-state index contributed by atoms with van der Waals surface area (Å²) < 4.78 is 0. The van der Waals surface area contributed by atoms with Crippen molar-refractivity contribution < 1.29 is 15.0 Å². The monoisotopic (exact) mass is 413 g/mol. The minimum atomic E-state index is -1.83. The highest BCUT2D eigenvalue weighted by Crippen LogP contribution is 2.37. The summed E-state index contributed by atoms with van der Waals surface area (Å²) in [6.07, 6.45) is 4.59. The molecule has 0 bridgehead atoms. The van der Waals surface area contributed by atoms with Gasteiger partial charge in [0.25, 0.3) is 0 Å². The van der Waals surface area contributed by atoms with Crippen LogP contribution in [0.3, 0.4) is 0 Å². The molecule has 1 saturated carbocycles. The first-order valence-electron chi connectivity index (χ1n) is 9.93. The first-order chi connectivity index (χ1) is 14.0. The van der Waals surface area contributed by atoms with E-state index in [2.05, 4.69) is 49.5 Å². The number of aromatic nitrogens is 2. The third-order valence-electron chi connectivity index (χ3n) is 5.32. The number of carbonyl (C=O) groups is 1. The Kier molecular flexibility index (Phi) is 7.04. The summed E-state index contributed by atoms with van der Waals surface area (Å²) in [5, 5.41) is 18.7. The van der Waals surface area contributed by atoms with Crippen LogP contribution in [0.25, 0.3) is 10.2 Å². The lowest BCUT2D eigenvalue weighted by atomic mass is 9.88. The van der Waals surface area contributed by atoms with E-state index in [9.17, 15) is 0 Å². The topological polar surface area (TPSA) is 95.3 Å². The van der Waals surface area contributed by atoms with Crippen molar-refractivity contribution in [3.05, 3.63) is 52.2 Å². The number of hydrogen-bond acceptors (Lipinski definition) is 5. The lowest BCUT2D eigenvalue weighted by Gasteiger charge is -2.21. The van der Waals surface area contributed by atoms with Gasteiger partial charge in [0.2, 0.25) is 0 Å². The second-order valence-corrected chi connectivity index (χ2v) is 8.55. The maximum atomic E-state index is 8.56. The lowest BCUT2D eigenvalue weighted by molar-refractivity contribution is 0.137. The molecule has 1 aliphatic carbocycles. The van der Waals surface area contributed by atoms with Crippen molar-refractivity contribution in [2.24, 2.45) is 0 Å². The van der Waals surface area contributed by atoms with Gasteiger partial charge in [-0.25, -0.2) is 14.8 Å². The van der Waals surface area contributed by atoms with Gasteiger partial charge in [0.1, 0.15) is 16.5 Å². The minimum absolute atomic E-state index is 0.526. The Morgan fingerprint density at radius 1 is 1.10 bits per heavy atom. The molecule has 0 atom stereocenters. The number of carboxylic acid groups (broad SMARTS) is 2. The van der Waals surface area contributed by atoms with Crippen LogP contribution < -0.4 is 5.32 Å². The van der Waals surface area contributed by atoms with Crippen LogP contribution in [-0.2, 0) is 6.54 Å². The van der Waals surface area contributed by atoms with Crippen molar-refractivity contribution >= 4 is 33.5 Å². The number of anilines is 1. The van der Waals surface area contributed by atoms with E-state index in [0.29, 0.717) is 5.92 Å². The molecule has 2 aromatic heterocycles. The standard InChI is InChI=1S/C21H25N3S.CH2O3/c1-14-15(2)25-21-18(14)20(22-13-16-9-5-3-6-10-16)23-19(24-21)17-11-7-4-8-12-17;2-1(3)4/h3,5-6,9-10,17H,4,7-8,11-13H2,1-2H3,(H,22,23,24);(H2,2,3,4). The molecule has 1 fully saturated rings. The smallest absolute Gasteiger partial charge is 0.450 e. The van der Waals surface area contributed by atoms with Crippen LogP contribution in [0.5, 0.6) is 0 Å². The third-order valence-corrected chi connectivity index (χ3v) is 6.42. The van der Waals surface area contributed by atoms with Gasteiger partial charge >= 0.3 is 6.16 Å². The molecule has 2 heterocycles. The number of nitrogens with one attached hydrogen (secondary N) is 1. The second-order valence-electron chi connectivity index (χ2n) is 7.35. The zero-order valence-corrected chi connectivity index (χ0v) is 17.6. The molecule has 0 radical (unpaired) electrons. The van der Waals surface area contributed by atoms with E-state index < -0.39 is 6.16 Å². The average Bonchev–Trinajstić information content (AvgIpc) is 3.01. The van der Waals surface area contributed by atoms with E-state index in [1.54, 1.807) is 11.3 Å². The Bertz CT molecular complexity index is 962. The summed E-state index contributed by atoms with van der Waals surface area (Å²) in [6, 6.07) is 10.5. The van der Waals surface area contributed by atoms with Gasteiger partial charge < -0.3 is 15.5 Å². The quantitative estimate of drug-likeness (QED) is 0.472. The zero-order chi connectivity index (χ0) is 20.8. The largest absolute Gasteiger partial charge is 0.503 e. The van der Waals surface area contributed by atoms with Crippen molar-refractivity contribution in [1.82, 2.24) is 9.97 Å². The van der Waals surface area contributed by atoms with Crippen molar-refractivity contribution in [2.45, 2.75) is 58.4 Å². The molecule has 4 rings (SSSR count). The van der Waals surface area contributed by atoms with E-state index in [1.165, 1.54) is 53.5 Å². The molecule has 3 N–H and O–H groups in total. The van der Waals surface area contributed by atoms with Gasteiger partial charge in [0.05, 0.1) is 5.39 Å². The Labute approximate surface area is 174 Å². The molecule has 29 heavy (non-hydrogen) atoms. The summed E-state index contributed by atoms with van der Waals surface area (Å²) >= 11 is 1.80. The van der Waals surface area contributed by atoms with Gasteiger partial charge in [-0.15, -0.1) is 11.3 Å². The van der Waals surface area contributed by atoms with Crippen molar-refractivity contribution in [3.63, 3.8) is 0 Å². The highest BCUT2D eigenvalue weighted by Gasteiger charge is 2.22. The normalized spacial score (nSPS) is 14.3. The van der Waals surface area contributed by atoms with E-state index in [4.69, 9.17) is 25.0 Å². The molecule has 1 aromatic carbocycles. The van der Waals surface area contributed by atoms with Crippen LogP contribution >= 0.6 is 11.3 Å². The lowest BCUT2D eigenvalue weighted by Crippen LogP contribution is -2.11. The summed E-state index contributed by atoms with van der Waals surface area (Å²) in [5.41, 5.74) is 2.59. The summed E-state index contributed by atoms with van der Waals surface area (Å²) in [5.74, 6) is 2.58. The zero-order valence-electron chi connectivity index (χ0n) is 16.8. The van der Waals surface area contributed by atoms with Crippen molar-refractivity contribution in [3.8, 4) is 0 Å². The molecule has 154 valence electrons. The van der Waals surface area contributed by atoms with Gasteiger partial charge in [-0.3, -0.25) is 0 Å². The van der Waals surface area contributed by atoms with Gasteiger partial charge in [0, 0.05) is 17.3 Å². The van der Waals surface area contributed by atoms with Crippen LogP contribution in [-0.4, -0.2) is 26.3 Å². The predicted octanol–water partition coefficient (Wildman–Crippen LogP) is 6.19. The maximum Gasteiger partial charge on any atom is 0.503 e. The Hall–Kier alpha value is -2.67. The van der Waals surface area contributed by atoms with Crippen LogP contribution in [0.15, 0.2) is 30.3 Å². The molecule has 0 spiro atoms. The average molecular weight is 414 g/mol. The Morgan fingerprint density at radius 2 is 1.76 bits per heavy atom. The Balaban J connectivity index is 0.000000552. The van der Waals surface area contributed by atoms with Gasteiger partial charge in [-0.05, 0) is 37.8 Å². The van der Waals surface area contributed by atoms with Gasteiger partial charge in [-0.2, -0.15) is 0 Å². The maximum absolute atomic E-state index is 8.56. The number of rotatable bonds is 4. The molecule has 7 heteroatoms. The molecule has 3 aromatic rings. The second kappa shape index (κ2) is 9.69. The number of thiophene rings is 1. The van der Waals surface area contributed by atoms with E-state index in [1.807, 2.05) is 0 Å². The molecule has 0 saturated heterocycles. The fourth-order valence-corrected chi connectivity index (χ4v) is 4.76. The fraction of sp³-hybridized carbons (Fsp3) is 0.409. The third kappa shape index (κ3) is 5.44. The number of aryl methyl sites for hydroxylation is 2. The van der Waals surface area contributed by atoms with E-state index >= 15 is 0 Å². The van der Waals surface area contributed by atoms with Crippen molar-refractivity contribution in [1.29, 1.82) is 0 Å². The van der Waals surface area contributed by atoms with Crippen LogP contribution in [0.4, 0.5) is 10.6 Å². The molecular weight excluding hydrogens is 386 g/mol. The first-order valence-corrected chi connectivity index (χ1v) is 10.7. The number of fused-ring (bicyclic) bond motifs is 1. The fourth-order valence-electron chi connectivity index (χ4n) is 3.72. The number of nitrogens with zero attached hydrogens (tertiary/aromatic N) is 2. The van der Waals surface area contributed by atoms with E-state index in [-0.39, 0.29) is 0 Å². The molecular formula is C22H27N3O3S. The first kappa shape index (κ1) is 21.0. The van der Waals surface area contributed by atoms with Gasteiger partial charge in [-0.1, -0.05) is 49.6 Å². The van der Waals surface area contributed by atoms with Crippen LogP contribution in [0.2, 0.25) is 0 Å². The molecule has 0 amide bonds. The van der Waals surface area contributed by atoms with Crippen LogP contribution in [0, 0.1) is 13.8 Å². The minimum Gasteiger partial charge on any atom is -0.450 e. The molecule has 0 unspecified atom stereocenters. The van der Waals surface area contributed by atoms with Crippen LogP contribution in [0.1, 0.15) is 59.9 Å². The molecule has 1 aliphatic rings. The van der Waals surface area contributed by atoms with Gasteiger partial charge in [0.15, 0.2) is 0 Å². The predicted molar refractivity (Wildman–Crippen MR) is 117 cm³/mol. The number of hydrogen-bond donors (Lipinski definition) is 3. The van der Waals surface area contributed by atoms with E-state index in [0.717, 1.165) is 23.0 Å². The highest BCUT2D eigenvalue weighted by molar-refractivity contribution is 7.18. The highest BCUT2D eigenvalue weighted by atomic mass is 32.1. The summed E-state index contributed by atoms with van der Waals surface area (Å²) in [7, 11) is 0.